The number of aryl methyl sites for hydroxylation is 1. The number of anilines is 1. The first-order chi connectivity index (χ1) is 6.65. The summed E-state index contributed by atoms with van der Waals surface area (Å²) in [5, 5.41) is 12.2. The van der Waals surface area contributed by atoms with Crippen LogP contribution in [0.5, 0.6) is 0 Å². The second-order valence-corrected chi connectivity index (χ2v) is 3.18. The zero-order valence-corrected chi connectivity index (χ0v) is 8.29. The van der Waals surface area contributed by atoms with Crippen molar-refractivity contribution in [3.05, 3.63) is 33.9 Å². The molecule has 0 saturated carbocycles. The quantitative estimate of drug-likeness (QED) is 0.357. The SMILES string of the molecule is Nc1ccc(CCC=S)c([N+](=O)[O-])c1. The maximum Gasteiger partial charge on any atom is 0.274 e. The lowest BCUT2D eigenvalue weighted by Crippen LogP contribution is -1.97. The standard InChI is InChI=1S/C9H10N2O2S/c10-8-4-3-7(2-1-5-14)9(6-8)11(12)13/h3-6H,1-2,10H2. The number of thiocarbonyl (C=S) groups is 1. The van der Waals surface area contributed by atoms with Crippen molar-refractivity contribution in [2.45, 2.75) is 12.8 Å². The largest absolute Gasteiger partial charge is 0.399 e. The second-order valence-electron chi connectivity index (χ2n) is 2.85. The minimum atomic E-state index is -0.422. The number of nitrogens with zero attached hydrogens (tertiary/aromatic N) is 1. The zero-order chi connectivity index (χ0) is 10.6. The van der Waals surface area contributed by atoms with Gasteiger partial charge in [-0.05, 0) is 24.3 Å². The van der Waals surface area contributed by atoms with Gasteiger partial charge in [0.25, 0.3) is 5.69 Å². The molecule has 0 radical (unpaired) electrons. The monoisotopic (exact) mass is 210 g/mol. The molecule has 0 fully saturated rings. The maximum absolute atomic E-state index is 10.7. The first kappa shape index (κ1) is 10.6. The van der Waals surface area contributed by atoms with Crippen LogP contribution in [0.3, 0.4) is 0 Å². The van der Waals surface area contributed by atoms with Crippen molar-refractivity contribution in [3.63, 3.8) is 0 Å². The minimum Gasteiger partial charge on any atom is -0.399 e. The van der Waals surface area contributed by atoms with Crippen LogP contribution in [0.1, 0.15) is 12.0 Å². The molecule has 2 N–H and O–H groups in total. The predicted molar refractivity (Wildman–Crippen MR) is 59.5 cm³/mol. The maximum atomic E-state index is 10.7. The molecule has 14 heavy (non-hydrogen) atoms. The Kier molecular flexibility index (Phi) is 3.53. The van der Waals surface area contributed by atoms with Gasteiger partial charge in [0.05, 0.1) is 4.92 Å². The molecule has 0 saturated heterocycles. The Hall–Kier alpha value is -1.49. The van der Waals surface area contributed by atoms with Crippen LogP contribution in [0.25, 0.3) is 0 Å². The molecule has 0 amide bonds. The third kappa shape index (κ3) is 2.50. The van der Waals surface area contributed by atoms with Crippen molar-refractivity contribution >= 4 is 29.0 Å². The topological polar surface area (TPSA) is 69.2 Å². The summed E-state index contributed by atoms with van der Waals surface area (Å²) in [6.45, 7) is 0. The zero-order valence-electron chi connectivity index (χ0n) is 7.47. The summed E-state index contributed by atoms with van der Waals surface area (Å²) in [5.74, 6) is 0. The van der Waals surface area contributed by atoms with Crippen LogP contribution >= 0.6 is 12.2 Å². The van der Waals surface area contributed by atoms with Crippen LogP contribution in [0.2, 0.25) is 0 Å². The first-order valence-corrected chi connectivity index (χ1v) is 4.58. The van der Waals surface area contributed by atoms with E-state index in [-0.39, 0.29) is 5.69 Å². The van der Waals surface area contributed by atoms with E-state index in [2.05, 4.69) is 12.2 Å². The van der Waals surface area contributed by atoms with Gasteiger partial charge in [-0.1, -0.05) is 18.3 Å². The number of nitro groups is 1. The Labute approximate surface area is 86.9 Å². The van der Waals surface area contributed by atoms with Crippen LogP contribution < -0.4 is 5.73 Å². The fraction of sp³-hybridized carbons (Fsp3) is 0.222. The van der Waals surface area contributed by atoms with E-state index in [0.29, 0.717) is 24.1 Å². The molecule has 0 aromatic heterocycles. The van der Waals surface area contributed by atoms with Crippen molar-refractivity contribution in [3.8, 4) is 0 Å². The van der Waals surface area contributed by atoms with Crippen LogP contribution in [0.4, 0.5) is 11.4 Å². The summed E-state index contributed by atoms with van der Waals surface area (Å²) in [4.78, 5) is 10.2. The Morgan fingerprint density at radius 1 is 1.57 bits per heavy atom. The predicted octanol–water partition coefficient (Wildman–Crippen LogP) is 2.11. The lowest BCUT2D eigenvalue weighted by molar-refractivity contribution is -0.385. The molecule has 74 valence electrons. The van der Waals surface area contributed by atoms with Gasteiger partial charge < -0.3 is 5.73 Å². The smallest absolute Gasteiger partial charge is 0.274 e. The highest BCUT2D eigenvalue weighted by atomic mass is 32.1. The molecule has 0 aliphatic rings. The lowest BCUT2D eigenvalue weighted by Gasteiger charge is -2.01. The Morgan fingerprint density at radius 2 is 2.29 bits per heavy atom. The van der Waals surface area contributed by atoms with Gasteiger partial charge >= 0.3 is 0 Å². The second kappa shape index (κ2) is 4.66. The van der Waals surface area contributed by atoms with Gasteiger partial charge in [0.15, 0.2) is 0 Å². The van der Waals surface area contributed by atoms with Gasteiger partial charge in [-0.25, -0.2) is 0 Å². The lowest BCUT2D eigenvalue weighted by atomic mass is 10.1. The van der Waals surface area contributed by atoms with Gasteiger partial charge in [0.1, 0.15) is 0 Å². The van der Waals surface area contributed by atoms with Gasteiger partial charge in [-0.3, -0.25) is 10.1 Å². The van der Waals surface area contributed by atoms with Crippen molar-refractivity contribution in [1.82, 2.24) is 0 Å². The van der Waals surface area contributed by atoms with E-state index >= 15 is 0 Å². The number of nitrogen functional groups attached to an aromatic ring is 1. The molecular formula is C9H10N2O2S. The molecular weight excluding hydrogens is 200 g/mol. The van der Waals surface area contributed by atoms with Crippen LogP contribution in [0.15, 0.2) is 18.2 Å². The van der Waals surface area contributed by atoms with Gasteiger partial charge in [-0.2, -0.15) is 0 Å². The molecule has 1 aromatic rings. The molecule has 0 spiro atoms. The highest BCUT2D eigenvalue weighted by molar-refractivity contribution is 7.78. The highest BCUT2D eigenvalue weighted by Gasteiger charge is 2.12. The van der Waals surface area contributed by atoms with Crippen LogP contribution in [0, 0.1) is 10.1 Å². The minimum absolute atomic E-state index is 0.0712. The summed E-state index contributed by atoms with van der Waals surface area (Å²) in [6, 6.07) is 4.71. The summed E-state index contributed by atoms with van der Waals surface area (Å²) in [7, 11) is 0. The summed E-state index contributed by atoms with van der Waals surface area (Å²) in [6.07, 6.45) is 1.24. The molecule has 5 heteroatoms. The van der Waals surface area contributed by atoms with E-state index in [1.54, 1.807) is 17.5 Å². The molecule has 0 aliphatic carbocycles. The van der Waals surface area contributed by atoms with E-state index in [0.717, 1.165) is 0 Å². The summed E-state index contributed by atoms with van der Waals surface area (Å²) in [5.41, 5.74) is 6.61. The number of hydrogen-bond donors (Lipinski definition) is 1. The Balaban J connectivity index is 3.01. The van der Waals surface area contributed by atoms with Crippen molar-refractivity contribution in [2.24, 2.45) is 0 Å². The van der Waals surface area contributed by atoms with Gasteiger partial charge in [0, 0.05) is 17.3 Å². The summed E-state index contributed by atoms with van der Waals surface area (Å²) < 4.78 is 0. The number of rotatable bonds is 4. The van der Waals surface area contributed by atoms with Gasteiger partial charge in [0.2, 0.25) is 0 Å². The van der Waals surface area contributed by atoms with E-state index in [9.17, 15) is 10.1 Å². The molecule has 0 atom stereocenters. The fourth-order valence-corrected chi connectivity index (χ4v) is 1.29. The third-order valence-corrected chi connectivity index (χ3v) is 2.07. The van der Waals surface area contributed by atoms with Gasteiger partial charge in [-0.15, -0.1) is 0 Å². The molecule has 0 aliphatic heterocycles. The third-order valence-electron chi connectivity index (χ3n) is 1.84. The van der Waals surface area contributed by atoms with Crippen LogP contribution in [-0.4, -0.2) is 10.3 Å². The van der Waals surface area contributed by atoms with Crippen molar-refractivity contribution in [2.75, 3.05) is 5.73 Å². The first-order valence-electron chi connectivity index (χ1n) is 4.11. The number of nitrogens with two attached hydrogens (primary N) is 1. The van der Waals surface area contributed by atoms with E-state index in [1.807, 2.05) is 0 Å². The van der Waals surface area contributed by atoms with Crippen molar-refractivity contribution in [1.29, 1.82) is 0 Å². The number of hydrogen-bond acceptors (Lipinski definition) is 4. The normalized spacial score (nSPS) is 9.71. The number of benzene rings is 1. The Bertz CT molecular complexity index is 366. The average Bonchev–Trinajstić information content (AvgIpc) is 2.15. The molecule has 4 nitrogen and oxygen atoms in total. The number of nitro benzene ring substituents is 1. The molecule has 0 bridgehead atoms. The highest BCUT2D eigenvalue weighted by Crippen LogP contribution is 2.22. The molecule has 1 rings (SSSR count). The van der Waals surface area contributed by atoms with Crippen LogP contribution in [-0.2, 0) is 6.42 Å². The van der Waals surface area contributed by atoms with E-state index < -0.39 is 4.92 Å². The Morgan fingerprint density at radius 3 is 2.86 bits per heavy atom. The molecule has 1 aromatic carbocycles. The fourth-order valence-electron chi connectivity index (χ4n) is 1.18. The summed E-state index contributed by atoms with van der Waals surface area (Å²) >= 11 is 4.67. The van der Waals surface area contributed by atoms with Crippen molar-refractivity contribution < 1.29 is 4.92 Å². The van der Waals surface area contributed by atoms with E-state index in [4.69, 9.17) is 5.73 Å². The molecule has 0 unspecified atom stereocenters. The molecule has 0 heterocycles. The van der Waals surface area contributed by atoms with E-state index in [1.165, 1.54) is 6.07 Å². The average molecular weight is 210 g/mol.